The number of hydrogen-bond acceptors (Lipinski definition) is 6. The Labute approximate surface area is 145 Å². The van der Waals surface area contributed by atoms with E-state index in [1.54, 1.807) is 23.2 Å². The summed E-state index contributed by atoms with van der Waals surface area (Å²) in [7, 11) is 0. The van der Waals surface area contributed by atoms with Crippen LogP contribution in [0, 0.1) is 5.92 Å². The first kappa shape index (κ1) is 15.8. The van der Waals surface area contributed by atoms with Crippen molar-refractivity contribution in [1.82, 2.24) is 14.9 Å². The number of carbonyl (C=O) groups is 2. The number of anilines is 1. The van der Waals surface area contributed by atoms with Gasteiger partial charge in [0.25, 0.3) is 5.91 Å². The highest BCUT2D eigenvalue weighted by Crippen LogP contribution is 2.25. The molecule has 0 spiro atoms. The maximum atomic E-state index is 12.3. The number of piperazine rings is 1. The van der Waals surface area contributed by atoms with Crippen LogP contribution < -0.4 is 4.90 Å². The number of carbonyl (C=O) groups excluding carboxylic acids is 2. The molecule has 0 bridgehead atoms. The first-order valence-corrected chi connectivity index (χ1v) is 8.58. The molecule has 1 aliphatic heterocycles. The number of rotatable bonds is 2. The third-order valence-corrected chi connectivity index (χ3v) is 4.81. The third-order valence-electron chi connectivity index (χ3n) is 4.81. The Kier molecular flexibility index (Phi) is 3.99. The molecule has 2 aromatic heterocycles. The molecule has 0 radical (unpaired) electrons. The fourth-order valence-corrected chi connectivity index (χ4v) is 3.44. The van der Waals surface area contributed by atoms with E-state index in [1.807, 2.05) is 0 Å². The van der Waals surface area contributed by atoms with Gasteiger partial charge in [-0.3, -0.25) is 9.59 Å². The maximum absolute atomic E-state index is 12.3. The molecule has 7 heteroatoms. The molecule has 2 aliphatic rings. The second kappa shape index (κ2) is 6.31. The normalized spacial score (nSPS) is 20.5. The zero-order valence-corrected chi connectivity index (χ0v) is 14.1. The fourth-order valence-electron chi connectivity index (χ4n) is 3.44. The Balaban J connectivity index is 1.45. The summed E-state index contributed by atoms with van der Waals surface area (Å²) in [5.74, 6) is 1.38. The van der Waals surface area contributed by atoms with Gasteiger partial charge in [-0.25, -0.2) is 9.97 Å². The molecule has 1 amide bonds. The van der Waals surface area contributed by atoms with Crippen molar-refractivity contribution in [2.24, 2.45) is 5.92 Å². The predicted octanol–water partition coefficient (Wildman–Crippen LogP) is 1.80. The van der Waals surface area contributed by atoms with E-state index in [2.05, 4.69) is 21.8 Å². The van der Waals surface area contributed by atoms with Crippen molar-refractivity contribution in [2.45, 2.75) is 19.8 Å². The lowest BCUT2D eigenvalue weighted by molar-refractivity contribution is 0.0713. The minimum absolute atomic E-state index is 0.0876. The highest BCUT2D eigenvalue weighted by atomic mass is 16.3. The number of ketones is 1. The summed E-state index contributed by atoms with van der Waals surface area (Å²) in [5, 5.41) is 0. The van der Waals surface area contributed by atoms with Crippen LogP contribution in [-0.2, 0) is 6.42 Å². The van der Waals surface area contributed by atoms with E-state index in [1.165, 1.54) is 6.26 Å². The van der Waals surface area contributed by atoms with Crippen molar-refractivity contribution in [3.63, 3.8) is 0 Å². The maximum Gasteiger partial charge on any atom is 0.289 e. The molecule has 2 aromatic rings. The van der Waals surface area contributed by atoms with Gasteiger partial charge in [0.2, 0.25) is 5.95 Å². The second-order valence-electron chi connectivity index (χ2n) is 6.72. The van der Waals surface area contributed by atoms with Crippen LogP contribution in [0.5, 0.6) is 0 Å². The van der Waals surface area contributed by atoms with Gasteiger partial charge in [0, 0.05) is 38.8 Å². The van der Waals surface area contributed by atoms with Crippen molar-refractivity contribution >= 4 is 17.6 Å². The molecule has 0 N–H and O–H groups in total. The summed E-state index contributed by atoms with van der Waals surface area (Å²) >= 11 is 0. The van der Waals surface area contributed by atoms with Gasteiger partial charge in [-0.1, -0.05) is 6.92 Å². The van der Waals surface area contributed by atoms with Crippen molar-refractivity contribution in [2.75, 3.05) is 31.1 Å². The molecule has 3 heterocycles. The lowest BCUT2D eigenvalue weighted by Gasteiger charge is -2.34. The van der Waals surface area contributed by atoms with E-state index in [0.29, 0.717) is 55.8 Å². The number of aromatic nitrogens is 2. The van der Waals surface area contributed by atoms with Crippen LogP contribution in [0.4, 0.5) is 5.95 Å². The molecule has 0 unspecified atom stereocenters. The average Bonchev–Trinajstić information content (AvgIpc) is 3.15. The number of fused-ring (bicyclic) bond motifs is 1. The van der Waals surface area contributed by atoms with Gasteiger partial charge in [0.15, 0.2) is 11.5 Å². The van der Waals surface area contributed by atoms with E-state index in [-0.39, 0.29) is 11.7 Å². The average molecular weight is 340 g/mol. The smallest absolute Gasteiger partial charge is 0.289 e. The van der Waals surface area contributed by atoms with Gasteiger partial charge in [-0.15, -0.1) is 0 Å². The highest BCUT2D eigenvalue weighted by molar-refractivity contribution is 5.98. The van der Waals surface area contributed by atoms with Crippen molar-refractivity contribution < 1.29 is 14.0 Å². The Morgan fingerprint density at radius 3 is 2.76 bits per heavy atom. The van der Waals surface area contributed by atoms with Crippen molar-refractivity contribution in [3.8, 4) is 0 Å². The monoisotopic (exact) mass is 340 g/mol. The topological polar surface area (TPSA) is 79.5 Å². The van der Waals surface area contributed by atoms with Gasteiger partial charge < -0.3 is 14.2 Å². The Morgan fingerprint density at radius 1 is 1.24 bits per heavy atom. The number of amides is 1. The van der Waals surface area contributed by atoms with Gasteiger partial charge in [0.1, 0.15) is 0 Å². The molecule has 1 aliphatic carbocycles. The van der Waals surface area contributed by atoms with Crippen LogP contribution in [-0.4, -0.2) is 52.7 Å². The molecule has 1 fully saturated rings. The first-order chi connectivity index (χ1) is 12.1. The van der Waals surface area contributed by atoms with Crippen LogP contribution in [0.1, 0.15) is 40.0 Å². The quantitative estimate of drug-likeness (QED) is 0.829. The van der Waals surface area contributed by atoms with Crippen LogP contribution >= 0.6 is 0 Å². The van der Waals surface area contributed by atoms with Crippen LogP contribution in [0.2, 0.25) is 0 Å². The number of Topliss-reactive ketones (excluding diaryl/α,β-unsaturated/α-hetero) is 1. The van der Waals surface area contributed by atoms with E-state index in [9.17, 15) is 9.59 Å². The minimum atomic E-state index is -0.0876. The lowest BCUT2D eigenvalue weighted by Crippen LogP contribution is -2.49. The van der Waals surface area contributed by atoms with Gasteiger partial charge in [-0.05, 0) is 24.5 Å². The lowest BCUT2D eigenvalue weighted by atomic mass is 9.88. The number of furan rings is 1. The van der Waals surface area contributed by atoms with Crippen molar-refractivity contribution in [1.29, 1.82) is 0 Å². The zero-order valence-electron chi connectivity index (χ0n) is 14.1. The summed E-state index contributed by atoms with van der Waals surface area (Å²) < 4.78 is 5.18. The third kappa shape index (κ3) is 3.01. The Morgan fingerprint density at radius 2 is 2.04 bits per heavy atom. The largest absolute Gasteiger partial charge is 0.459 e. The van der Waals surface area contributed by atoms with Crippen LogP contribution in [0.3, 0.4) is 0 Å². The predicted molar refractivity (Wildman–Crippen MR) is 90.7 cm³/mol. The molecule has 25 heavy (non-hydrogen) atoms. The van der Waals surface area contributed by atoms with E-state index in [0.717, 1.165) is 12.1 Å². The Hall–Kier alpha value is -2.70. The summed E-state index contributed by atoms with van der Waals surface area (Å²) in [5.41, 5.74) is 1.51. The summed E-state index contributed by atoms with van der Waals surface area (Å²) in [6.07, 6.45) is 4.55. The van der Waals surface area contributed by atoms with Gasteiger partial charge in [0.05, 0.1) is 17.5 Å². The fraction of sp³-hybridized carbons (Fsp3) is 0.444. The minimum Gasteiger partial charge on any atom is -0.459 e. The second-order valence-corrected chi connectivity index (χ2v) is 6.72. The summed E-state index contributed by atoms with van der Waals surface area (Å²) in [6.45, 7) is 4.58. The van der Waals surface area contributed by atoms with Crippen LogP contribution in [0.15, 0.2) is 29.0 Å². The molecular formula is C18H20N4O3. The van der Waals surface area contributed by atoms with Crippen LogP contribution in [0.25, 0.3) is 0 Å². The number of hydrogen-bond donors (Lipinski definition) is 0. The zero-order chi connectivity index (χ0) is 17.4. The molecule has 0 saturated carbocycles. The first-order valence-electron chi connectivity index (χ1n) is 8.58. The van der Waals surface area contributed by atoms with Crippen molar-refractivity contribution in [3.05, 3.63) is 41.6 Å². The molecular weight excluding hydrogens is 320 g/mol. The van der Waals surface area contributed by atoms with Gasteiger partial charge >= 0.3 is 0 Å². The molecule has 0 aromatic carbocycles. The molecule has 4 rings (SSSR count). The number of nitrogens with zero attached hydrogens (tertiary/aromatic N) is 4. The van der Waals surface area contributed by atoms with E-state index >= 15 is 0 Å². The van der Waals surface area contributed by atoms with E-state index in [4.69, 9.17) is 4.42 Å². The van der Waals surface area contributed by atoms with Gasteiger partial charge in [-0.2, -0.15) is 0 Å². The highest BCUT2D eigenvalue weighted by Gasteiger charge is 2.28. The van der Waals surface area contributed by atoms with E-state index < -0.39 is 0 Å². The summed E-state index contributed by atoms with van der Waals surface area (Å²) in [6, 6.07) is 3.40. The Bertz CT molecular complexity index is 795. The summed E-state index contributed by atoms with van der Waals surface area (Å²) in [4.78, 5) is 37.2. The molecule has 1 saturated heterocycles. The molecule has 130 valence electrons. The standard InChI is InChI=1S/C18H20N4O3/c1-12-9-14-13(15(23)10-12)11-19-18(20-14)22-6-4-21(5-7-22)17(24)16-3-2-8-25-16/h2-3,8,11-12H,4-7,9-10H2,1H3/t12-/m1/s1. The molecule has 7 nitrogen and oxygen atoms in total. The molecule has 1 atom stereocenters. The SMILES string of the molecule is C[C@H]1CC(=O)c2cnc(N3CCN(C(=O)c4ccco4)CC3)nc2C1.